The second-order valence-corrected chi connectivity index (χ2v) is 5.66. The quantitative estimate of drug-likeness (QED) is 0.816. The molecule has 0 aromatic heterocycles. The van der Waals surface area contributed by atoms with E-state index in [1.807, 2.05) is 6.92 Å². The van der Waals surface area contributed by atoms with Crippen molar-refractivity contribution in [3.8, 4) is 0 Å². The Balaban J connectivity index is 3.14. The van der Waals surface area contributed by atoms with Gasteiger partial charge in [-0.05, 0) is 35.0 Å². The van der Waals surface area contributed by atoms with Crippen LogP contribution in [-0.4, -0.2) is 43.0 Å². The molecule has 0 spiro atoms. The molecule has 110 valence electrons. The third-order valence-electron chi connectivity index (χ3n) is 2.87. The summed E-state index contributed by atoms with van der Waals surface area (Å²) in [4.78, 5) is 15.0. The van der Waals surface area contributed by atoms with Crippen molar-refractivity contribution in [1.82, 2.24) is 4.90 Å². The first-order chi connectivity index (χ1) is 9.29. The maximum Gasteiger partial charge on any atom is 0.241 e. The third-order valence-corrected chi connectivity index (χ3v) is 3.87. The van der Waals surface area contributed by atoms with E-state index in [4.69, 9.17) is 18.0 Å². The summed E-state index contributed by atoms with van der Waals surface area (Å²) in [6.45, 7) is 2.48. The van der Waals surface area contributed by atoms with Gasteiger partial charge in [0.2, 0.25) is 5.91 Å². The number of thiocarbonyl (C=S) groups is 1. The number of carbonyl (C=O) groups excluding carboxylic acids is 1. The summed E-state index contributed by atoms with van der Waals surface area (Å²) in [5.41, 5.74) is 6.31. The zero-order chi connectivity index (χ0) is 15.4. The molecule has 0 aliphatic heterocycles. The maximum atomic E-state index is 14.4. The number of carbonyl (C=O) groups is 1. The van der Waals surface area contributed by atoms with Crippen LogP contribution in [-0.2, 0) is 4.79 Å². The lowest BCUT2D eigenvalue weighted by Gasteiger charge is -2.25. The van der Waals surface area contributed by atoms with Gasteiger partial charge < -0.3 is 15.5 Å². The molecule has 1 rings (SSSR count). The molecule has 0 saturated heterocycles. The largest absolute Gasteiger partial charge is 0.389 e. The molecule has 7 heteroatoms. The van der Waals surface area contributed by atoms with Crippen molar-refractivity contribution in [2.45, 2.75) is 6.92 Å². The molecule has 0 aliphatic rings. The van der Waals surface area contributed by atoms with Crippen LogP contribution in [0, 0.1) is 5.82 Å². The Labute approximate surface area is 131 Å². The summed E-state index contributed by atoms with van der Waals surface area (Å²) in [5, 5.41) is 0. The van der Waals surface area contributed by atoms with E-state index < -0.39 is 5.82 Å². The lowest BCUT2D eigenvalue weighted by molar-refractivity contribution is -0.127. The Hall–Kier alpha value is -1.21. The van der Waals surface area contributed by atoms with E-state index in [0.29, 0.717) is 17.8 Å². The first kappa shape index (κ1) is 16.8. The van der Waals surface area contributed by atoms with Gasteiger partial charge in [0.1, 0.15) is 4.99 Å². The van der Waals surface area contributed by atoms with Gasteiger partial charge in [-0.25, -0.2) is 4.39 Å². The van der Waals surface area contributed by atoms with Crippen LogP contribution in [0.25, 0.3) is 0 Å². The molecule has 1 aromatic rings. The third kappa shape index (κ3) is 3.67. The molecule has 1 amide bonds. The van der Waals surface area contributed by atoms with Crippen molar-refractivity contribution in [2.24, 2.45) is 5.73 Å². The molecular weight excluding hydrogens is 345 g/mol. The van der Waals surface area contributed by atoms with E-state index in [-0.39, 0.29) is 21.9 Å². The second kappa shape index (κ2) is 6.99. The van der Waals surface area contributed by atoms with Crippen molar-refractivity contribution in [3.05, 3.63) is 28.0 Å². The van der Waals surface area contributed by atoms with Crippen LogP contribution >= 0.6 is 28.1 Å². The monoisotopic (exact) mass is 361 g/mol. The highest BCUT2D eigenvalue weighted by molar-refractivity contribution is 9.10. The molecule has 1 aromatic carbocycles. The van der Waals surface area contributed by atoms with Crippen LogP contribution in [0.15, 0.2) is 16.6 Å². The van der Waals surface area contributed by atoms with E-state index in [9.17, 15) is 9.18 Å². The average Bonchev–Trinajstić information content (AvgIpc) is 2.38. The number of benzene rings is 1. The fraction of sp³-hybridized carbons (Fsp3) is 0.385. The van der Waals surface area contributed by atoms with Gasteiger partial charge in [-0.1, -0.05) is 12.2 Å². The molecule has 0 radical (unpaired) electrons. The molecule has 0 atom stereocenters. The van der Waals surface area contributed by atoms with E-state index in [0.717, 1.165) is 0 Å². The minimum atomic E-state index is -0.469. The zero-order valence-corrected chi connectivity index (χ0v) is 14.0. The lowest BCUT2D eigenvalue weighted by atomic mass is 10.1. The number of hydrogen-bond acceptors (Lipinski definition) is 3. The fourth-order valence-electron chi connectivity index (χ4n) is 1.65. The van der Waals surface area contributed by atoms with Crippen LogP contribution < -0.4 is 10.6 Å². The number of likely N-dealkylation sites (N-methyl/N-ethyl adjacent to an activating group) is 2. The van der Waals surface area contributed by atoms with Crippen LogP contribution in [0.4, 0.5) is 10.1 Å². The Bertz CT molecular complexity index is 537. The summed E-state index contributed by atoms with van der Waals surface area (Å²) in [7, 11) is 3.33. The van der Waals surface area contributed by atoms with Gasteiger partial charge in [0.25, 0.3) is 0 Å². The fourth-order valence-corrected chi connectivity index (χ4v) is 2.50. The van der Waals surface area contributed by atoms with Crippen LogP contribution in [0.2, 0.25) is 0 Å². The topological polar surface area (TPSA) is 49.6 Å². The van der Waals surface area contributed by atoms with Crippen LogP contribution in [0.5, 0.6) is 0 Å². The van der Waals surface area contributed by atoms with Crippen molar-refractivity contribution in [2.75, 3.05) is 32.1 Å². The lowest BCUT2D eigenvalue weighted by Crippen LogP contribution is -2.37. The highest BCUT2D eigenvalue weighted by Crippen LogP contribution is 2.29. The van der Waals surface area contributed by atoms with E-state index >= 15 is 0 Å². The van der Waals surface area contributed by atoms with Gasteiger partial charge in [-0.2, -0.15) is 0 Å². The summed E-state index contributed by atoms with van der Waals surface area (Å²) >= 11 is 8.02. The molecule has 2 N–H and O–H groups in total. The normalized spacial score (nSPS) is 10.2. The Morgan fingerprint density at radius 1 is 1.45 bits per heavy atom. The van der Waals surface area contributed by atoms with Gasteiger partial charge in [0.15, 0.2) is 5.82 Å². The minimum absolute atomic E-state index is 0.0965. The number of hydrogen-bond donors (Lipinski definition) is 1. The minimum Gasteiger partial charge on any atom is -0.389 e. The predicted octanol–water partition coefficient (Wildman–Crippen LogP) is 2.14. The van der Waals surface area contributed by atoms with Crippen molar-refractivity contribution in [3.63, 3.8) is 0 Å². The molecule has 20 heavy (non-hydrogen) atoms. The van der Waals surface area contributed by atoms with Gasteiger partial charge in [-0.15, -0.1) is 0 Å². The Morgan fingerprint density at radius 3 is 2.50 bits per heavy atom. The Kier molecular flexibility index (Phi) is 5.88. The summed E-state index contributed by atoms with van der Waals surface area (Å²) in [5.74, 6) is -0.565. The average molecular weight is 362 g/mol. The van der Waals surface area contributed by atoms with Crippen LogP contribution in [0.1, 0.15) is 12.5 Å². The van der Waals surface area contributed by atoms with E-state index in [1.165, 1.54) is 4.90 Å². The molecular formula is C13H17BrFN3OS. The van der Waals surface area contributed by atoms with Crippen LogP contribution in [0.3, 0.4) is 0 Å². The molecule has 0 fully saturated rings. The Morgan fingerprint density at radius 2 is 2.05 bits per heavy atom. The summed E-state index contributed by atoms with van der Waals surface area (Å²) < 4.78 is 14.6. The number of rotatable bonds is 5. The molecule has 4 nitrogen and oxygen atoms in total. The number of nitrogens with zero attached hydrogens (tertiary/aromatic N) is 2. The number of amides is 1. The summed E-state index contributed by atoms with van der Waals surface area (Å²) in [6.07, 6.45) is 0. The van der Waals surface area contributed by atoms with Gasteiger partial charge in [0, 0.05) is 26.2 Å². The van der Waals surface area contributed by atoms with Crippen molar-refractivity contribution < 1.29 is 9.18 Å². The van der Waals surface area contributed by atoms with Gasteiger partial charge in [-0.3, -0.25) is 4.79 Å². The van der Waals surface area contributed by atoms with E-state index in [2.05, 4.69) is 15.9 Å². The number of anilines is 1. The molecule has 0 bridgehead atoms. The highest BCUT2D eigenvalue weighted by atomic mass is 79.9. The molecule has 0 saturated carbocycles. The van der Waals surface area contributed by atoms with Gasteiger partial charge in [0.05, 0.1) is 16.7 Å². The maximum absolute atomic E-state index is 14.4. The molecule has 0 heterocycles. The van der Waals surface area contributed by atoms with Crippen molar-refractivity contribution in [1.29, 1.82) is 0 Å². The first-order valence-electron chi connectivity index (χ1n) is 6.02. The number of halogens is 2. The highest BCUT2D eigenvalue weighted by Gasteiger charge is 2.19. The van der Waals surface area contributed by atoms with E-state index in [1.54, 1.807) is 31.1 Å². The second-order valence-electron chi connectivity index (χ2n) is 4.43. The molecule has 0 aliphatic carbocycles. The smallest absolute Gasteiger partial charge is 0.241 e. The zero-order valence-electron chi connectivity index (χ0n) is 11.6. The van der Waals surface area contributed by atoms with Crippen molar-refractivity contribution >= 4 is 44.7 Å². The SMILES string of the molecule is CCN(CC(=O)N(C)C)c1ccc(C(N)=S)c(Br)c1F. The predicted molar refractivity (Wildman–Crippen MR) is 86.6 cm³/mol. The summed E-state index contributed by atoms with van der Waals surface area (Å²) in [6, 6.07) is 3.23. The molecule has 0 unspecified atom stereocenters. The van der Waals surface area contributed by atoms with Gasteiger partial charge >= 0.3 is 0 Å². The first-order valence-corrected chi connectivity index (χ1v) is 7.22. The number of nitrogens with two attached hydrogens (primary N) is 1. The standard InChI is InChI=1S/C13H17BrFN3OS/c1-4-18(7-10(19)17(2)3)9-6-5-8(13(16)20)11(14)12(9)15/h5-6H,4,7H2,1-3H3,(H2,16,20).